The van der Waals surface area contributed by atoms with Gasteiger partial charge in [-0.2, -0.15) is 0 Å². The smallest absolute Gasteiger partial charge is 0.125 e. The highest BCUT2D eigenvalue weighted by Crippen LogP contribution is 2.32. The average Bonchev–Trinajstić information content (AvgIpc) is 2.88. The molecule has 24 heavy (non-hydrogen) atoms. The number of rotatable bonds is 5. The Balaban J connectivity index is 1.94. The molecule has 2 unspecified atom stereocenters. The van der Waals surface area contributed by atoms with Crippen LogP contribution in [0.15, 0.2) is 53.4 Å². The van der Waals surface area contributed by atoms with Gasteiger partial charge in [0.05, 0.1) is 27.8 Å². The Morgan fingerprint density at radius 3 is 2.54 bits per heavy atom. The fourth-order valence-electron chi connectivity index (χ4n) is 3.00. The fourth-order valence-corrected chi connectivity index (χ4v) is 4.08. The van der Waals surface area contributed by atoms with E-state index < -0.39 is 11.0 Å². The van der Waals surface area contributed by atoms with Crippen LogP contribution in [-0.2, 0) is 17.5 Å². The molecule has 4 nitrogen and oxygen atoms in total. The summed E-state index contributed by atoms with van der Waals surface area (Å²) in [6, 6.07) is 14.9. The predicted octanol–water partition coefficient (Wildman–Crippen LogP) is 4.27. The number of nitrogens with one attached hydrogen (secondary N) is 1. The van der Waals surface area contributed by atoms with Gasteiger partial charge < -0.3 is 10.3 Å². The second-order valence-corrected chi connectivity index (χ2v) is 7.30. The van der Waals surface area contributed by atoms with E-state index in [4.69, 9.17) is 17.3 Å². The number of benzene rings is 2. The molecule has 3 aromatic rings. The molecule has 0 spiro atoms. The van der Waals surface area contributed by atoms with Gasteiger partial charge in [0.2, 0.25) is 0 Å². The second-order valence-electron chi connectivity index (χ2n) is 5.62. The molecule has 0 amide bonds. The largest absolute Gasteiger partial charge is 0.397 e. The molecular weight excluding hydrogens is 342 g/mol. The van der Waals surface area contributed by atoms with Gasteiger partial charge in [0.1, 0.15) is 11.0 Å². The predicted molar refractivity (Wildman–Crippen MR) is 101 cm³/mol. The molecule has 2 aromatic carbocycles. The van der Waals surface area contributed by atoms with Crippen LogP contribution in [-0.4, -0.2) is 8.78 Å². The molecule has 3 N–H and O–H groups in total. The Hall–Kier alpha value is -1.82. The number of hydrogen-bond donors (Lipinski definition) is 2. The van der Waals surface area contributed by atoms with Crippen molar-refractivity contribution in [2.75, 3.05) is 5.73 Å². The van der Waals surface area contributed by atoms with E-state index in [0.29, 0.717) is 9.92 Å². The average molecular weight is 362 g/mol. The molecule has 1 heterocycles. The topological polar surface area (TPSA) is 60.0 Å². The monoisotopic (exact) mass is 361 g/mol. The first-order valence-corrected chi connectivity index (χ1v) is 9.35. The number of halogens is 1. The van der Waals surface area contributed by atoms with Crippen LogP contribution >= 0.6 is 11.6 Å². The van der Waals surface area contributed by atoms with Crippen LogP contribution in [0.5, 0.6) is 0 Å². The molecule has 0 saturated heterocycles. The first-order chi connectivity index (χ1) is 11.5. The van der Waals surface area contributed by atoms with Crippen molar-refractivity contribution in [3.8, 4) is 0 Å². The van der Waals surface area contributed by atoms with E-state index >= 15 is 0 Å². The van der Waals surface area contributed by atoms with Crippen molar-refractivity contribution in [2.24, 2.45) is 0 Å². The van der Waals surface area contributed by atoms with Crippen molar-refractivity contribution < 1.29 is 4.21 Å². The molecule has 2 atom stereocenters. The van der Waals surface area contributed by atoms with Crippen LogP contribution in [0, 0.1) is 0 Å². The van der Waals surface area contributed by atoms with E-state index in [1.807, 2.05) is 25.1 Å². The third-order valence-electron chi connectivity index (χ3n) is 4.09. The Kier molecular flexibility index (Phi) is 4.94. The van der Waals surface area contributed by atoms with Gasteiger partial charge in [0, 0.05) is 17.0 Å². The highest BCUT2D eigenvalue weighted by molar-refractivity contribution is 7.83. The Bertz CT molecular complexity index is 889. The molecule has 0 bridgehead atoms. The quantitative estimate of drug-likeness (QED) is 0.712. The SMILES string of the molecule is CCn1c(C(C)NS(=O)c2ccc(Cl)cc2)c(N)c2ccccc21. The molecule has 0 radical (unpaired) electrons. The third kappa shape index (κ3) is 3.07. The highest BCUT2D eigenvalue weighted by atomic mass is 35.5. The normalized spacial score (nSPS) is 14.0. The molecule has 1 aromatic heterocycles. The lowest BCUT2D eigenvalue weighted by atomic mass is 10.2. The zero-order chi connectivity index (χ0) is 17.3. The number of hydrogen-bond acceptors (Lipinski definition) is 2. The van der Waals surface area contributed by atoms with Gasteiger partial charge in [-0.3, -0.25) is 0 Å². The number of nitrogen functional groups attached to an aromatic ring is 1. The van der Waals surface area contributed by atoms with Crippen LogP contribution in [0.25, 0.3) is 10.9 Å². The standard InChI is InChI=1S/C18H20ClN3OS/c1-3-22-16-7-5-4-6-15(16)17(20)18(22)12(2)21-24(23)14-10-8-13(19)9-11-14/h4-12,21H,3,20H2,1-2H3. The van der Waals surface area contributed by atoms with E-state index in [-0.39, 0.29) is 6.04 Å². The molecule has 0 aliphatic rings. The van der Waals surface area contributed by atoms with Gasteiger partial charge in [-0.25, -0.2) is 8.93 Å². The summed E-state index contributed by atoms with van der Waals surface area (Å²) in [5.74, 6) is 0. The second kappa shape index (κ2) is 6.97. The van der Waals surface area contributed by atoms with Gasteiger partial charge in [-0.05, 0) is 44.2 Å². The summed E-state index contributed by atoms with van der Waals surface area (Å²) >= 11 is 5.88. The third-order valence-corrected chi connectivity index (χ3v) is 5.61. The molecule has 0 aliphatic heterocycles. The Labute approximate surface area is 149 Å². The molecule has 0 aliphatic carbocycles. The lowest BCUT2D eigenvalue weighted by Gasteiger charge is -2.17. The first kappa shape index (κ1) is 17.0. The van der Waals surface area contributed by atoms with E-state index in [1.54, 1.807) is 24.3 Å². The number of anilines is 1. The van der Waals surface area contributed by atoms with Gasteiger partial charge in [-0.15, -0.1) is 0 Å². The highest BCUT2D eigenvalue weighted by Gasteiger charge is 2.20. The van der Waals surface area contributed by atoms with Gasteiger partial charge in [0.25, 0.3) is 0 Å². The zero-order valence-corrected chi connectivity index (χ0v) is 15.2. The fraction of sp³-hybridized carbons (Fsp3) is 0.222. The van der Waals surface area contributed by atoms with Crippen LogP contribution in [0.4, 0.5) is 5.69 Å². The minimum atomic E-state index is -1.34. The van der Waals surface area contributed by atoms with E-state index in [0.717, 1.165) is 28.8 Å². The zero-order valence-electron chi connectivity index (χ0n) is 13.6. The summed E-state index contributed by atoms with van der Waals surface area (Å²) in [6.07, 6.45) is 0. The van der Waals surface area contributed by atoms with Gasteiger partial charge in [-0.1, -0.05) is 29.8 Å². The first-order valence-electron chi connectivity index (χ1n) is 7.83. The molecule has 0 saturated carbocycles. The van der Waals surface area contributed by atoms with Crippen molar-refractivity contribution in [3.05, 3.63) is 59.2 Å². The van der Waals surface area contributed by atoms with E-state index in [9.17, 15) is 4.21 Å². The number of fused-ring (bicyclic) bond motifs is 1. The van der Waals surface area contributed by atoms with Gasteiger partial charge in [0.15, 0.2) is 0 Å². The summed E-state index contributed by atoms with van der Waals surface area (Å²) in [5, 5.41) is 1.65. The van der Waals surface area contributed by atoms with Crippen molar-refractivity contribution in [2.45, 2.75) is 31.3 Å². The lowest BCUT2D eigenvalue weighted by Crippen LogP contribution is -2.24. The van der Waals surface area contributed by atoms with Crippen molar-refractivity contribution in [3.63, 3.8) is 0 Å². The summed E-state index contributed by atoms with van der Waals surface area (Å²) in [5.41, 5.74) is 9.16. The molecule has 0 fully saturated rings. The number of nitrogens with two attached hydrogens (primary N) is 1. The number of aromatic nitrogens is 1. The number of aryl methyl sites for hydroxylation is 1. The van der Waals surface area contributed by atoms with Crippen LogP contribution < -0.4 is 10.5 Å². The minimum absolute atomic E-state index is 0.158. The van der Waals surface area contributed by atoms with Crippen molar-refractivity contribution in [1.82, 2.24) is 9.29 Å². The molecule has 6 heteroatoms. The summed E-state index contributed by atoms with van der Waals surface area (Å²) in [4.78, 5) is 0.684. The van der Waals surface area contributed by atoms with Gasteiger partial charge >= 0.3 is 0 Å². The molecule has 126 valence electrons. The maximum Gasteiger partial charge on any atom is 0.125 e. The maximum absolute atomic E-state index is 12.6. The van der Waals surface area contributed by atoms with Crippen molar-refractivity contribution in [1.29, 1.82) is 0 Å². The van der Waals surface area contributed by atoms with E-state index in [2.05, 4.69) is 22.3 Å². The van der Waals surface area contributed by atoms with Crippen LogP contribution in [0.2, 0.25) is 5.02 Å². The summed E-state index contributed by atoms with van der Waals surface area (Å²) in [6.45, 7) is 4.86. The number of nitrogens with zero attached hydrogens (tertiary/aromatic N) is 1. The maximum atomic E-state index is 12.6. The number of para-hydroxylation sites is 1. The van der Waals surface area contributed by atoms with Crippen LogP contribution in [0.1, 0.15) is 25.6 Å². The van der Waals surface area contributed by atoms with E-state index in [1.165, 1.54) is 0 Å². The molecule has 3 rings (SSSR count). The Morgan fingerprint density at radius 2 is 1.88 bits per heavy atom. The summed E-state index contributed by atoms with van der Waals surface area (Å²) in [7, 11) is -1.34. The van der Waals surface area contributed by atoms with Crippen molar-refractivity contribution >= 4 is 39.2 Å². The summed E-state index contributed by atoms with van der Waals surface area (Å²) < 4.78 is 17.9. The van der Waals surface area contributed by atoms with Crippen LogP contribution in [0.3, 0.4) is 0 Å². The Morgan fingerprint density at radius 1 is 1.21 bits per heavy atom. The minimum Gasteiger partial charge on any atom is -0.397 e. The lowest BCUT2D eigenvalue weighted by molar-refractivity contribution is 0.619. The molecular formula is C18H20ClN3OS.